The molecule has 1 aliphatic rings. The molecular formula is C19H27N3O. The zero-order chi connectivity index (χ0) is 17.0. The van der Waals surface area contributed by atoms with Gasteiger partial charge in [0.1, 0.15) is 0 Å². The van der Waals surface area contributed by atoms with Crippen LogP contribution in [0.4, 0.5) is 0 Å². The maximum Gasteiger partial charge on any atom is 0.227 e. The van der Waals surface area contributed by atoms with Crippen LogP contribution in [0.1, 0.15) is 44.7 Å². The van der Waals surface area contributed by atoms with Crippen LogP contribution in [0.2, 0.25) is 0 Å². The molecule has 124 valence electrons. The van der Waals surface area contributed by atoms with Gasteiger partial charge in [-0.25, -0.2) is 0 Å². The number of nitrogens with zero attached hydrogens (tertiary/aromatic N) is 3. The fraction of sp³-hybridized carbons (Fsp3) is 0.579. The Balaban J connectivity index is 1.89. The van der Waals surface area contributed by atoms with Crippen LogP contribution in [0.3, 0.4) is 0 Å². The van der Waals surface area contributed by atoms with Crippen LogP contribution in [0.5, 0.6) is 0 Å². The zero-order valence-corrected chi connectivity index (χ0v) is 14.7. The second kappa shape index (κ2) is 7.14. The van der Waals surface area contributed by atoms with Gasteiger partial charge in [0.2, 0.25) is 5.91 Å². The SMILES string of the molecule is CN(C(=O)C(C)(C)C)C1CCN(Cc2cccc(C#N)c2)CC1. The van der Waals surface area contributed by atoms with Crippen molar-refractivity contribution in [3.05, 3.63) is 35.4 Å². The molecule has 1 fully saturated rings. The number of piperidine rings is 1. The van der Waals surface area contributed by atoms with Crippen molar-refractivity contribution < 1.29 is 4.79 Å². The Morgan fingerprint density at radius 3 is 2.57 bits per heavy atom. The van der Waals surface area contributed by atoms with Crippen LogP contribution in [-0.2, 0) is 11.3 Å². The van der Waals surface area contributed by atoms with E-state index in [1.165, 1.54) is 5.56 Å². The van der Waals surface area contributed by atoms with E-state index in [-0.39, 0.29) is 11.3 Å². The Morgan fingerprint density at radius 1 is 1.35 bits per heavy atom. The molecule has 1 aromatic carbocycles. The molecular weight excluding hydrogens is 286 g/mol. The normalized spacial score (nSPS) is 16.8. The summed E-state index contributed by atoms with van der Waals surface area (Å²) in [6.45, 7) is 8.78. The Kier molecular flexibility index (Phi) is 5.43. The minimum Gasteiger partial charge on any atom is -0.342 e. The van der Waals surface area contributed by atoms with Gasteiger partial charge < -0.3 is 4.90 Å². The van der Waals surface area contributed by atoms with E-state index in [2.05, 4.69) is 17.0 Å². The number of hydrogen-bond donors (Lipinski definition) is 0. The third kappa shape index (κ3) is 4.56. The molecule has 2 rings (SSSR count). The third-order valence-corrected chi connectivity index (χ3v) is 4.53. The van der Waals surface area contributed by atoms with Crippen molar-refractivity contribution >= 4 is 5.91 Å². The largest absolute Gasteiger partial charge is 0.342 e. The van der Waals surface area contributed by atoms with Crippen LogP contribution < -0.4 is 0 Å². The molecule has 0 atom stereocenters. The van der Waals surface area contributed by atoms with Crippen LogP contribution in [0, 0.1) is 16.7 Å². The van der Waals surface area contributed by atoms with Crippen LogP contribution in [0.25, 0.3) is 0 Å². The lowest BCUT2D eigenvalue weighted by Gasteiger charge is -2.39. The molecule has 1 heterocycles. The summed E-state index contributed by atoms with van der Waals surface area (Å²) in [6, 6.07) is 10.3. The van der Waals surface area contributed by atoms with E-state index in [1.807, 2.05) is 50.9 Å². The van der Waals surface area contributed by atoms with Gasteiger partial charge in [0.05, 0.1) is 11.6 Å². The predicted octanol–water partition coefficient (Wildman–Crippen LogP) is 3.03. The van der Waals surface area contributed by atoms with Gasteiger partial charge in [-0.05, 0) is 30.5 Å². The minimum absolute atomic E-state index is 0.220. The molecule has 0 unspecified atom stereocenters. The number of amides is 1. The number of rotatable bonds is 3. The number of likely N-dealkylation sites (tertiary alicyclic amines) is 1. The lowest BCUT2D eigenvalue weighted by Crippen LogP contribution is -2.48. The minimum atomic E-state index is -0.316. The van der Waals surface area contributed by atoms with Crippen LogP contribution in [0.15, 0.2) is 24.3 Å². The lowest BCUT2D eigenvalue weighted by molar-refractivity contribution is -0.141. The van der Waals surface area contributed by atoms with Crippen molar-refractivity contribution in [3.63, 3.8) is 0 Å². The molecule has 0 N–H and O–H groups in total. The van der Waals surface area contributed by atoms with Crippen molar-refractivity contribution in [2.24, 2.45) is 5.41 Å². The van der Waals surface area contributed by atoms with Crippen molar-refractivity contribution in [2.45, 2.75) is 46.2 Å². The van der Waals surface area contributed by atoms with Crippen molar-refractivity contribution in [1.82, 2.24) is 9.80 Å². The molecule has 1 saturated heterocycles. The topological polar surface area (TPSA) is 47.3 Å². The first-order valence-electron chi connectivity index (χ1n) is 8.30. The molecule has 0 bridgehead atoms. The smallest absolute Gasteiger partial charge is 0.227 e. The van der Waals surface area contributed by atoms with Crippen LogP contribution in [-0.4, -0.2) is 41.9 Å². The number of carbonyl (C=O) groups is 1. The first-order chi connectivity index (χ1) is 10.8. The van der Waals surface area contributed by atoms with Gasteiger partial charge in [0, 0.05) is 38.1 Å². The fourth-order valence-corrected chi connectivity index (χ4v) is 3.16. The summed E-state index contributed by atoms with van der Waals surface area (Å²) in [5.41, 5.74) is 1.58. The van der Waals surface area contributed by atoms with Gasteiger partial charge in [-0.15, -0.1) is 0 Å². The quantitative estimate of drug-likeness (QED) is 0.862. The first-order valence-corrected chi connectivity index (χ1v) is 8.30. The molecule has 0 aromatic heterocycles. The fourth-order valence-electron chi connectivity index (χ4n) is 3.16. The highest BCUT2D eigenvalue weighted by molar-refractivity contribution is 5.81. The summed E-state index contributed by atoms with van der Waals surface area (Å²) in [6.07, 6.45) is 2.02. The first kappa shape index (κ1) is 17.5. The standard InChI is InChI=1S/C19H27N3O/c1-19(2,3)18(23)21(4)17-8-10-22(11-9-17)14-16-7-5-6-15(12-16)13-20/h5-7,12,17H,8-11,14H2,1-4H3. The van der Waals surface area contributed by atoms with E-state index in [0.29, 0.717) is 11.6 Å². The van der Waals surface area contributed by atoms with E-state index in [4.69, 9.17) is 5.26 Å². The van der Waals surface area contributed by atoms with Gasteiger partial charge in [0.15, 0.2) is 0 Å². The van der Waals surface area contributed by atoms with Crippen LogP contribution >= 0.6 is 0 Å². The Hall–Kier alpha value is -1.86. The average molecular weight is 313 g/mol. The summed E-state index contributed by atoms with van der Waals surface area (Å²) in [5.74, 6) is 0.220. The second-order valence-corrected chi connectivity index (χ2v) is 7.49. The molecule has 0 spiro atoms. The van der Waals surface area contributed by atoms with Gasteiger partial charge >= 0.3 is 0 Å². The summed E-state index contributed by atoms with van der Waals surface area (Å²) >= 11 is 0. The summed E-state index contributed by atoms with van der Waals surface area (Å²) < 4.78 is 0. The summed E-state index contributed by atoms with van der Waals surface area (Å²) in [5, 5.41) is 8.98. The highest BCUT2D eigenvalue weighted by Crippen LogP contribution is 2.23. The van der Waals surface area contributed by atoms with Crippen molar-refractivity contribution in [3.8, 4) is 6.07 Å². The summed E-state index contributed by atoms with van der Waals surface area (Å²) in [4.78, 5) is 16.7. The molecule has 1 aromatic rings. The second-order valence-electron chi connectivity index (χ2n) is 7.49. The van der Waals surface area contributed by atoms with E-state index in [9.17, 15) is 4.79 Å². The Bertz CT molecular complexity index is 589. The Morgan fingerprint density at radius 2 is 2.00 bits per heavy atom. The molecule has 0 aliphatic carbocycles. The maximum atomic E-state index is 12.4. The maximum absolute atomic E-state index is 12.4. The van der Waals surface area contributed by atoms with Crippen molar-refractivity contribution in [1.29, 1.82) is 5.26 Å². The molecule has 4 heteroatoms. The highest BCUT2D eigenvalue weighted by atomic mass is 16.2. The molecule has 1 aliphatic heterocycles. The predicted molar refractivity (Wildman–Crippen MR) is 91.7 cm³/mol. The lowest BCUT2D eigenvalue weighted by atomic mass is 9.92. The highest BCUT2D eigenvalue weighted by Gasteiger charge is 2.31. The van der Waals surface area contributed by atoms with Gasteiger partial charge in [0.25, 0.3) is 0 Å². The Labute approximate surface area is 139 Å². The molecule has 1 amide bonds. The number of carbonyl (C=O) groups excluding carboxylic acids is 1. The molecule has 0 saturated carbocycles. The van der Waals surface area contributed by atoms with Crippen molar-refractivity contribution in [2.75, 3.05) is 20.1 Å². The molecule has 0 radical (unpaired) electrons. The average Bonchev–Trinajstić information content (AvgIpc) is 2.53. The van der Waals surface area contributed by atoms with E-state index >= 15 is 0 Å². The van der Waals surface area contributed by atoms with Gasteiger partial charge in [-0.2, -0.15) is 5.26 Å². The number of nitriles is 1. The van der Waals surface area contributed by atoms with Gasteiger partial charge in [-0.1, -0.05) is 32.9 Å². The van der Waals surface area contributed by atoms with E-state index in [0.717, 1.165) is 32.5 Å². The third-order valence-electron chi connectivity index (χ3n) is 4.53. The zero-order valence-electron chi connectivity index (χ0n) is 14.7. The monoisotopic (exact) mass is 313 g/mol. The molecule has 23 heavy (non-hydrogen) atoms. The summed E-state index contributed by atoms with van der Waals surface area (Å²) in [7, 11) is 1.93. The molecule has 4 nitrogen and oxygen atoms in total. The van der Waals surface area contributed by atoms with Gasteiger partial charge in [-0.3, -0.25) is 9.69 Å². The van der Waals surface area contributed by atoms with E-state index in [1.54, 1.807) is 0 Å². The number of hydrogen-bond acceptors (Lipinski definition) is 3. The number of benzene rings is 1. The van der Waals surface area contributed by atoms with E-state index < -0.39 is 0 Å².